The first-order valence-corrected chi connectivity index (χ1v) is 10.1. The number of piperazine rings is 1. The first-order valence-electron chi connectivity index (χ1n) is 10.1. The number of nitrogens with one attached hydrogen (secondary N) is 1. The van der Waals surface area contributed by atoms with Crippen molar-refractivity contribution >= 4 is 17.3 Å². The molecule has 1 heterocycles. The highest BCUT2D eigenvalue weighted by molar-refractivity contribution is 5.92. The minimum atomic E-state index is 0.0435. The Bertz CT molecular complexity index is 768. The van der Waals surface area contributed by atoms with Gasteiger partial charge >= 0.3 is 0 Å². The maximum Gasteiger partial charge on any atom is 0.238 e. The first-order chi connectivity index (χ1) is 13.6. The minimum Gasteiger partial charge on any atom is -0.495 e. The second kappa shape index (κ2) is 9.60. The van der Waals surface area contributed by atoms with Gasteiger partial charge in [-0.3, -0.25) is 9.69 Å². The van der Waals surface area contributed by atoms with Crippen molar-refractivity contribution in [1.29, 1.82) is 0 Å². The van der Waals surface area contributed by atoms with Crippen LogP contribution >= 0.6 is 0 Å². The van der Waals surface area contributed by atoms with Crippen LogP contribution in [-0.2, 0) is 4.79 Å². The predicted octanol–water partition coefficient (Wildman–Crippen LogP) is 3.97. The molecule has 5 heteroatoms. The molecule has 1 N–H and O–H groups in total. The van der Waals surface area contributed by atoms with E-state index in [1.54, 1.807) is 7.11 Å². The van der Waals surface area contributed by atoms with Gasteiger partial charge in [0.2, 0.25) is 5.91 Å². The zero-order chi connectivity index (χ0) is 19.9. The van der Waals surface area contributed by atoms with Crippen LogP contribution in [-0.4, -0.2) is 50.6 Å². The second-order valence-corrected chi connectivity index (χ2v) is 7.41. The fourth-order valence-electron chi connectivity index (χ4n) is 3.57. The maximum absolute atomic E-state index is 12.4. The van der Waals surface area contributed by atoms with E-state index < -0.39 is 0 Å². The van der Waals surface area contributed by atoms with Crippen molar-refractivity contribution in [2.75, 3.05) is 50.1 Å². The summed E-state index contributed by atoms with van der Waals surface area (Å²) in [5.41, 5.74) is 3.30. The Balaban J connectivity index is 1.48. The molecule has 0 bridgehead atoms. The standard InChI is InChI=1S/C23H31N3O2/c1-4-18(2)19-9-11-20(12-10-19)24-23(27)17-25-13-15-26(16-14-25)21-7-5-6-8-22(21)28-3/h5-12,18H,4,13-17H2,1-3H3,(H,24,27)/t18-/m1/s1. The summed E-state index contributed by atoms with van der Waals surface area (Å²) < 4.78 is 5.47. The van der Waals surface area contributed by atoms with E-state index in [1.807, 2.05) is 30.3 Å². The van der Waals surface area contributed by atoms with E-state index in [0.29, 0.717) is 12.5 Å². The Hall–Kier alpha value is -2.53. The number of methoxy groups -OCH3 is 1. The number of nitrogens with zero attached hydrogens (tertiary/aromatic N) is 2. The molecule has 1 aliphatic rings. The van der Waals surface area contributed by atoms with Gasteiger partial charge in [-0.05, 0) is 42.2 Å². The summed E-state index contributed by atoms with van der Waals surface area (Å²) in [4.78, 5) is 16.9. The normalized spacial score (nSPS) is 15.9. The molecule has 0 saturated carbocycles. The van der Waals surface area contributed by atoms with Gasteiger partial charge in [-0.2, -0.15) is 0 Å². The number of para-hydroxylation sites is 2. The van der Waals surface area contributed by atoms with Crippen LogP contribution in [0.3, 0.4) is 0 Å². The van der Waals surface area contributed by atoms with Crippen molar-refractivity contribution in [3.8, 4) is 5.75 Å². The lowest BCUT2D eigenvalue weighted by atomic mass is 9.99. The van der Waals surface area contributed by atoms with Crippen molar-refractivity contribution in [1.82, 2.24) is 4.90 Å². The number of benzene rings is 2. The van der Waals surface area contributed by atoms with Crippen LogP contribution < -0.4 is 15.0 Å². The summed E-state index contributed by atoms with van der Waals surface area (Å²) in [6, 6.07) is 16.3. The largest absolute Gasteiger partial charge is 0.495 e. The number of hydrogen-bond acceptors (Lipinski definition) is 4. The van der Waals surface area contributed by atoms with E-state index in [9.17, 15) is 4.79 Å². The van der Waals surface area contributed by atoms with E-state index in [-0.39, 0.29) is 5.91 Å². The van der Waals surface area contributed by atoms with Crippen molar-refractivity contribution < 1.29 is 9.53 Å². The smallest absolute Gasteiger partial charge is 0.238 e. The van der Waals surface area contributed by atoms with Crippen molar-refractivity contribution in [3.05, 3.63) is 54.1 Å². The number of anilines is 2. The van der Waals surface area contributed by atoms with E-state index in [1.165, 1.54) is 5.56 Å². The lowest BCUT2D eigenvalue weighted by molar-refractivity contribution is -0.117. The summed E-state index contributed by atoms with van der Waals surface area (Å²) >= 11 is 0. The predicted molar refractivity (Wildman–Crippen MR) is 115 cm³/mol. The Morgan fingerprint density at radius 1 is 1.07 bits per heavy atom. The van der Waals surface area contributed by atoms with Crippen LogP contribution in [0, 0.1) is 0 Å². The summed E-state index contributed by atoms with van der Waals surface area (Å²) in [6.45, 7) is 8.32. The average molecular weight is 382 g/mol. The fraction of sp³-hybridized carbons (Fsp3) is 0.435. The molecule has 1 amide bonds. The average Bonchev–Trinajstić information content (AvgIpc) is 2.74. The topological polar surface area (TPSA) is 44.8 Å². The molecular formula is C23H31N3O2. The molecule has 5 nitrogen and oxygen atoms in total. The lowest BCUT2D eigenvalue weighted by Crippen LogP contribution is -2.48. The van der Waals surface area contributed by atoms with Gasteiger partial charge in [0.25, 0.3) is 0 Å². The van der Waals surface area contributed by atoms with Gasteiger partial charge in [0, 0.05) is 31.9 Å². The lowest BCUT2D eigenvalue weighted by Gasteiger charge is -2.36. The second-order valence-electron chi connectivity index (χ2n) is 7.41. The van der Waals surface area contributed by atoms with Crippen molar-refractivity contribution in [3.63, 3.8) is 0 Å². The highest BCUT2D eigenvalue weighted by atomic mass is 16.5. The quantitative estimate of drug-likeness (QED) is 0.788. The maximum atomic E-state index is 12.4. The molecule has 0 radical (unpaired) electrons. The molecule has 3 rings (SSSR count). The Labute approximate surface area is 168 Å². The summed E-state index contributed by atoms with van der Waals surface area (Å²) in [5.74, 6) is 1.49. The minimum absolute atomic E-state index is 0.0435. The molecule has 1 atom stereocenters. The summed E-state index contributed by atoms with van der Waals surface area (Å²) in [5, 5.41) is 3.02. The molecule has 2 aromatic carbocycles. The van der Waals surface area contributed by atoms with Gasteiger partial charge in [0.15, 0.2) is 0 Å². The van der Waals surface area contributed by atoms with Crippen LogP contribution in [0.4, 0.5) is 11.4 Å². The van der Waals surface area contributed by atoms with Crippen LogP contribution in [0.25, 0.3) is 0 Å². The van der Waals surface area contributed by atoms with E-state index in [0.717, 1.165) is 49.7 Å². The number of amides is 1. The molecule has 0 aromatic heterocycles. The van der Waals surface area contributed by atoms with Gasteiger partial charge < -0.3 is 15.0 Å². The zero-order valence-electron chi connectivity index (χ0n) is 17.1. The summed E-state index contributed by atoms with van der Waals surface area (Å²) in [6.07, 6.45) is 1.12. The van der Waals surface area contributed by atoms with Crippen LogP contribution in [0.2, 0.25) is 0 Å². The third kappa shape index (κ3) is 5.04. The monoisotopic (exact) mass is 381 g/mol. The number of rotatable bonds is 7. The van der Waals surface area contributed by atoms with Gasteiger partial charge in [0.1, 0.15) is 5.75 Å². The van der Waals surface area contributed by atoms with Gasteiger partial charge in [-0.25, -0.2) is 0 Å². The molecule has 1 aliphatic heterocycles. The summed E-state index contributed by atoms with van der Waals surface area (Å²) in [7, 11) is 1.70. The molecule has 28 heavy (non-hydrogen) atoms. The van der Waals surface area contributed by atoms with Gasteiger partial charge in [0.05, 0.1) is 19.3 Å². The Morgan fingerprint density at radius 3 is 2.39 bits per heavy atom. The SMILES string of the molecule is CC[C@@H](C)c1ccc(NC(=O)CN2CCN(c3ccccc3OC)CC2)cc1. The Morgan fingerprint density at radius 2 is 1.75 bits per heavy atom. The van der Waals surface area contributed by atoms with Crippen LogP contribution in [0.1, 0.15) is 31.7 Å². The van der Waals surface area contributed by atoms with E-state index in [4.69, 9.17) is 4.74 Å². The third-order valence-corrected chi connectivity index (χ3v) is 5.54. The highest BCUT2D eigenvalue weighted by Crippen LogP contribution is 2.28. The van der Waals surface area contributed by atoms with Gasteiger partial charge in [-0.15, -0.1) is 0 Å². The highest BCUT2D eigenvalue weighted by Gasteiger charge is 2.21. The van der Waals surface area contributed by atoms with Crippen LogP contribution in [0.5, 0.6) is 5.75 Å². The third-order valence-electron chi connectivity index (χ3n) is 5.54. The molecule has 2 aromatic rings. The Kier molecular flexibility index (Phi) is 6.93. The first kappa shape index (κ1) is 20.2. The molecule has 0 unspecified atom stereocenters. The van der Waals surface area contributed by atoms with Gasteiger partial charge in [-0.1, -0.05) is 38.1 Å². The number of carbonyl (C=O) groups excluding carboxylic acids is 1. The van der Waals surface area contributed by atoms with Crippen LogP contribution in [0.15, 0.2) is 48.5 Å². The number of hydrogen-bond donors (Lipinski definition) is 1. The number of ether oxygens (including phenoxy) is 1. The van der Waals surface area contributed by atoms with E-state index in [2.05, 4.69) is 47.2 Å². The molecule has 1 fully saturated rings. The molecule has 150 valence electrons. The van der Waals surface area contributed by atoms with Crippen molar-refractivity contribution in [2.45, 2.75) is 26.2 Å². The van der Waals surface area contributed by atoms with E-state index >= 15 is 0 Å². The molecule has 0 spiro atoms. The van der Waals surface area contributed by atoms with Crippen molar-refractivity contribution in [2.24, 2.45) is 0 Å². The molecule has 1 saturated heterocycles. The molecule has 0 aliphatic carbocycles. The number of carbonyl (C=O) groups is 1. The zero-order valence-corrected chi connectivity index (χ0v) is 17.1. The molecular weight excluding hydrogens is 350 g/mol. The fourth-order valence-corrected chi connectivity index (χ4v) is 3.57.